The average molecular weight is 472 g/mol. The van der Waals surface area contributed by atoms with Gasteiger partial charge in [0, 0.05) is 28.6 Å². The van der Waals surface area contributed by atoms with Gasteiger partial charge in [0.05, 0.1) is 35.7 Å². The van der Waals surface area contributed by atoms with E-state index in [1.165, 1.54) is 16.9 Å². The minimum Gasteiger partial charge on any atom is -0.493 e. The maximum Gasteiger partial charge on any atom is 0.416 e. The summed E-state index contributed by atoms with van der Waals surface area (Å²) in [5, 5.41) is 18.7. The van der Waals surface area contributed by atoms with Crippen molar-refractivity contribution in [2.45, 2.75) is 38.8 Å². The molecule has 0 aliphatic carbocycles. The van der Waals surface area contributed by atoms with Crippen LogP contribution in [0.25, 0.3) is 16.6 Å². The fourth-order valence-electron chi connectivity index (χ4n) is 3.80. The maximum absolute atomic E-state index is 12.8. The van der Waals surface area contributed by atoms with E-state index in [0.717, 1.165) is 23.0 Å². The van der Waals surface area contributed by atoms with Crippen molar-refractivity contribution >= 4 is 16.9 Å². The summed E-state index contributed by atoms with van der Waals surface area (Å²) in [6, 6.07) is 10.1. The Balaban J connectivity index is 1.50. The first-order valence-electron chi connectivity index (χ1n) is 10.5. The van der Waals surface area contributed by atoms with Crippen molar-refractivity contribution in [2.75, 3.05) is 6.61 Å². The van der Waals surface area contributed by atoms with Crippen LogP contribution < -0.4 is 4.74 Å². The molecular formula is C24H23F3N4O3. The smallest absolute Gasteiger partial charge is 0.416 e. The molecule has 10 heteroatoms. The zero-order valence-electron chi connectivity index (χ0n) is 18.8. The van der Waals surface area contributed by atoms with Crippen LogP contribution in [0.1, 0.15) is 36.4 Å². The SMILES string of the molecule is Cc1nn(-c2ccc(C(F)(F)F)cc2)nc1C(C)(C)COc1ccc2c(CC(=O)O)c[nH]c2c1. The molecular weight excluding hydrogens is 449 g/mol. The van der Waals surface area contributed by atoms with Gasteiger partial charge in [-0.25, -0.2) is 0 Å². The summed E-state index contributed by atoms with van der Waals surface area (Å²) in [5.41, 5.74) is 1.93. The van der Waals surface area contributed by atoms with Gasteiger partial charge < -0.3 is 14.8 Å². The number of nitrogens with one attached hydrogen (secondary N) is 1. The lowest BCUT2D eigenvalue weighted by Gasteiger charge is -2.23. The molecule has 0 unspecified atom stereocenters. The highest BCUT2D eigenvalue weighted by Gasteiger charge is 2.31. The van der Waals surface area contributed by atoms with E-state index in [-0.39, 0.29) is 13.0 Å². The molecule has 2 aromatic carbocycles. The van der Waals surface area contributed by atoms with E-state index in [0.29, 0.717) is 28.4 Å². The van der Waals surface area contributed by atoms with Crippen LogP contribution in [0.5, 0.6) is 5.75 Å². The van der Waals surface area contributed by atoms with Gasteiger partial charge >= 0.3 is 12.1 Å². The number of aromatic nitrogens is 4. The third-order valence-corrected chi connectivity index (χ3v) is 5.53. The lowest BCUT2D eigenvalue weighted by Crippen LogP contribution is -2.28. The second kappa shape index (κ2) is 8.51. The van der Waals surface area contributed by atoms with Crippen LogP contribution in [-0.2, 0) is 22.8 Å². The van der Waals surface area contributed by atoms with Crippen molar-refractivity contribution in [3.05, 3.63) is 71.2 Å². The Kier molecular flexibility index (Phi) is 5.84. The number of hydrogen-bond acceptors (Lipinski definition) is 4. The normalized spacial score (nSPS) is 12.3. The van der Waals surface area contributed by atoms with Crippen LogP contribution in [0.15, 0.2) is 48.7 Å². The summed E-state index contributed by atoms with van der Waals surface area (Å²) in [5.74, 6) is -0.292. The molecule has 0 fully saturated rings. The maximum atomic E-state index is 12.8. The number of alkyl halides is 3. The Morgan fingerprint density at radius 3 is 2.47 bits per heavy atom. The first-order valence-corrected chi connectivity index (χ1v) is 10.5. The molecule has 2 heterocycles. The van der Waals surface area contributed by atoms with Crippen LogP contribution in [0.4, 0.5) is 13.2 Å². The van der Waals surface area contributed by atoms with Crippen molar-refractivity contribution in [1.82, 2.24) is 20.0 Å². The molecule has 0 spiro atoms. The van der Waals surface area contributed by atoms with E-state index < -0.39 is 23.1 Å². The van der Waals surface area contributed by atoms with E-state index in [1.54, 1.807) is 19.2 Å². The monoisotopic (exact) mass is 472 g/mol. The highest BCUT2D eigenvalue weighted by Crippen LogP contribution is 2.31. The van der Waals surface area contributed by atoms with Crippen molar-refractivity contribution in [3.8, 4) is 11.4 Å². The van der Waals surface area contributed by atoms with Crippen LogP contribution in [0, 0.1) is 6.92 Å². The molecule has 0 atom stereocenters. The fourth-order valence-corrected chi connectivity index (χ4v) is 3.80. The molecule has 178 valence electrons. The predicted octanol–water partition coefficient (Wildman–Crippen LogP) is 5.06. The quantitative estimate of drug-likeness (QED) is 0.392. The summed E-state index contributed by atoms with van der Waals surface area (Å²) in [7, 11) is 0. The Hall–Kier alpha value is -3.82. The molecule has 0 saturated carbocycles. The van der Waals surface area contributed by atoms with E-state index in [2.05, 4.69) is 15.2 Å². The van der Waals surface area contributed by atoms with Crippen LogP contribution >= 0.6 is 0 Å². The number of carbonyl (C=O) groups is 1. The highest BCUT2D eigenvalue weighted by atomic mass is 19.4. The first kappa shape index (κ1) is 23.3. The summed E-state index contributed by atoms with van der Waals surface area (Å²) in [4.78, 5) is 15.4. The van der Waals surface area contributed by atoms with Crippen molar-refractivity contribution < 1.29 is 27.8 Å². The van der Waals surface area contributed by atoms with Gasteiger partial charge in [0.1, 0.15) is 5.75 Å². The standard InChI is InChI=1S/C24H23F3N4O3/c1-14-22(30-31(29-14)17-6-4-16(5-7-17)24(25,26)27)23(2,3)13-34-18-8-9-19-15(10-21(32)33)12-28-20(19)11-18/h4-9,11-12,28H,10,13H2,1-3H3,(H,32,33). The molecule has 2 aromatic heterocycles. The van der Waals surface area contributed by atoms with Gasteiger partial charge in [-0.3, -0.25) is 4.79 Å². The minimum atomic E-state index is -4.41. The molecule has 0 bridgehead atoms. The molecule has 0 amide bonds. The van der Waals surface area contributed by atoms with Crippen molar-refractivity contribution in [2.24, 2.45) is 0 Å². The second-order valence-corrected chi connectivity index (χ2v) is 8.73. The predicted molar refractivity (Wildman–Crippen MR) is 119 cm³/mol. The molecule has 0 aliphatic heterocycles. The molecule has 7 nitrogen and oxygen atoms in total. The van der Waals surface area contributed by atoms with Crippen molar-refractivity contribution in [1.29, 1.82) is 0 Å². The molecule has 4 rings (SSSR count). The number of benzene rings is 2. The first-order chi connectivity index (χ1) is 15.9. The molecule has 0 radical (unpaired) electrons. The molecule has 4 aromatic rings. The lowest BCUT2D eigenvalue weighted by atomic mass is 9.89. The average Bonchev–Trinajstić information content (AvgIpc) is 3.35. The van der Waals surface area contributed by atoms with Gasteiger partial charge in [-0.2, -0.15) is 28.2 Å². The zero-order chi connectivity index (χ0) is 24.7. The second-order valence-electron chi connectivity index (χ2n) is 8.73. The van der Waals surface area contributed by atoms with Gasteiger partial charge in [0.25, 0.3) is 0 Å². The van der Waals surface area contributed by atoms with Gasteiger partial charge in [-0.1, -0.05) is 13.8 Å². The Bertz CT molecular complexity index is 1340. The topological polar surface area (TPSA) is 93.0 Å². The molecule has 34 heavy (non-hydrogen) atoms. The van der Waals surface area contributed by atoms with E-state index in [1.807, 2.05) is 26.0 Å². The Morgan fingerprint density at radius 1 is 1.12 bits per heavy atom. The van der Waals surface area contributed by atoms with Gasteiger partial charge in [0.2, 0.25) is 0 Å². The Morgan fingerprint density at radius 2 is 1.82 bits per heavy atom. The largest absolute Gasteiger partial charge is 0.493 e. The van der Waals surface area contributed by atoms with E-state index >= 15 is 0 Å². The van der Waals surface area contributed by atoms with Crippen LogP contribution in [0.2, 0.25) is 0 Å². The summed E-state index contributed by atoms with van der Waals surface area (Å²) in [6.45, 7) is 5.95. The minimum absolute atomic E-state index is 0.0684. The highest BCUT2D eigenvalue weighted by molar-refractivity contribution is 5.87. The Labute approximate surface area is 193 Å². The summed E-state index contributed by atoms with van der Waals surface area (Å²) >= 11 is 0. The number of halogens is 3. The molecule has 2 N–H and O–H groups in total. The number of carboxylic acids is 1. The van der Waals surface area contributed by atoms with E-state index in [4.69, 9.17) is 9.84 Å². The summed E-state index contributed by atoms with van der Waals surface area (Å²) < 4.78 is 44.5. The van der Waals surface area contributed by atoms with Crippen molar-refractivity contribution in [3.63, 3.8) is 0 Å². The van der Waals surface area contributed by atoms with Gasteiger partial charge in [0.15, 0.2) is 0 Å². The third-order valence-electron chi connectivity index (χ3n) is 5.53. The number of aromatic amines is 1. The number of hydrogen-bond donors (Lipinski definition) is 2. The number of carboxylic acid groups (broad SMARTS) is 1. The van der Waals surface area contributed by atoms with Crippen LogP contribution in [-0.4, -0.2) is 37.7 Å². The van der Waals surface area contributed by atoms with E-state index in [9.17, 15) is 18.0 Å². The number of H-pyrrole nitrogens is 1. The fraction of sp³-hybridized carbons (Fsp3) is 0.292. The lowest BCUT2D eigenvalue weighted by molar-refractivity contribution is -0.138. The zero-order valence-corrected chi connectivity index (χ0v) is 18.8. The molecule has 0 saturated heterocycles. The number of fused-ring (bicyclic) bond motifs is 1. The third kappa shape index (κ3) is 4.75. The van der Waals surface area contributed by atoms with Gasteiger partial charge in [-0.05, 0) is 48.9 Å². The van der Waals surface area contributed by atoms with Crippen LogP contribution in [0.3, 0.4) is 0 Å². The summed E-state index contributed by atoms with van der Waals surface area (Å²) in [6.07, 6.45) is -2.80. The number of ether oxygens (including phenoxy) is 1. The number of aryl methyl sites for hydroxylation is 1. The molecule has 0 aliphatic rings. The number of nitrogens with zero attached hydrogens (tertiary/aromatic N) is 3. The number of aliphatic carboxylic acids is 1. The van der Waals surface area contributed by atoms with Gasteiger partial charge in [-0.15, -0.1) is 0 Å². The number of rotatable bonds is 7.